The van der Waals surface area contributed by atoms with Crippen LogP contribution in [0.3, 0.4) is 0 Å². The van der Waals surface area contributed by atoms with Crippen molar-refractivity contribution in [2.45, 2.75) is 32.9 Å². The van der Waals surface area contributed by atoms with E-state index in [9.17, 15) is 14.4 Å². The molecule has 0 radical (unpaired) electrons. The first-order valence-electron chi connectivity index (χ1n) is 11.3. The zero-order valence-electron chi connectivity index (χ0n) is 19.4. The molecule has 1 aliphatic rings. The first-order valence-corrected chi connectivity index (χ1v) is 11.3. The van der Waals surface area contributed by atoms with Crippen LogP contribution in [-0.2, 0) is 21.7 Å². The van der Waals surface area contributed by atoms with Gasteiger partial charge in [-0.2, -0.15) is 0 Å². The first-order chi connectivity index (χ1) is 16.3. The lowest BCUT2D eigenvalue weighted by Crippen LogP contribution is -2.42. The zero-order valence-corrected chi connectivity index (χ0v) is 19.4. The molecule has 4 aromatic rings. The average molecular weight is 455 g/mol. The van der Waals surface area contributed by atoms with E-state index in [4.69, 9.17) is 0 Å². The third-order valence-corrected chi connectivity index (χ3v) is 6.58. The van der Waals surface area contributed by atoms with Crippen LogP contribution in [0.25, 0.3) is 21.8 Å². The summed E-state index contributed by atoms with van der Waals surface area (Å²) in [7, 11) is 0. The van der Waals surface area contributed by atoms with Gasteiger partial charge >= 0.3 is 6.03 Å². The molecular weight excluding hydrogens is 428 g/mol. The normalized spacial score (nSPS) is 18.0. The fourth-order valence-corrected chi connectivity index (χ4v) is 4.74. The Morgan fingerprint density at radius 2 is 1.68 bits per heavy atom. The number of benzene rings is 3. The summed E-state index contributed by atoms with van der Waals surface area (Å²) in [6.45, 7) is 6.19. The van der Waals surface area contributed by atoms with Gasteiger partial charge < -0.3 is 15.2 Å². The highest BCUT2D eigenvalue weighted by atomic mass is 16.2. The van der Waals surface area contributed by atoms with Crippen molar-refractivity contribution in [1.82, 2.24) is 14.8 Å². The summed E-state index contributed by atoms with van der Waals surface area (Å²) >= 11 is 0. The average Bonchev–Trinajstić information content (AvgIpc) is 3.26. The van der Waals surface area contributed by atoms with Gasteiger partial charge in [0.05, 0.1) is 0 Å². The van der Waals surface area contributed by atoms with Gasteiger partial charge in [-0.3, -0.25) is 14.5 Å². The van der Waals surface area contributed by atoms with Gasteiger partial charge in [0.2, 0.25) is 5.91 Å². The largest absolute Gasteiger partial charge is 0.341 e. The highest BCUT2D eigenvalue weighted by Gasteiger charge is 2.49. The van der Waals surface area contributed by atoms with Crippen LogP contribution in [0.4, 0.5) is 10.5 Å². The number of hydrogen-bond acceptors (Lipinski definition) is 3. The van der Waals surface area contributed by atoms with Crippen LogP contribution in [0, 0.1) is 6.92 Å². The van der Waals surface area contributed by atoms with Crippen molar-refractivity contribution in [2.75, 3.05) is 11.9 Å². The van der Waals surface area contributed by atoms with E-state index in [1.807, 2.05) is 61.5 Å². The molecule has 1 aliphatic heterocycles. The van der Waals surface area contributed by atoms with Crippen LogP contribution in [0.2, 0.25) is 0 Å². The van der Waals surface area contributed by atoms with E-state index in [2.05, 4.69) is 34.3 Å². The Labute approximate surface area is 197 Å². The Balaban J connectivity index is 1.37. The second-order valence-electron chi connectivity index (χ2n) is 8.85. The predicted molar refractivity (Wildman–Crippen MR) is 133 cm³/mol. The van der Waals surface area contributed by atoms with E-state index in [1.54, 1.807) is 6.92 Å². The van der Waals surface area contributed by atoms with Gasteiger partial charge in [-0.15, -0.1) is 0 Å². The number of anilines is 1. The lowest BCUT2D eigenvalue weighted by molar-refractivity contribution is -0.133. The molecule has 1 fully saturated rings. The van der Waals surface area contributed by atoms with Crippen LogP contribution >= 0.6 is 0 Å². The summed E-state index contributed by atoms with van der Waals surface area (Å²) in [6.07, 6.45) is 0. The molecule has 1 atom stereocenters. The van der Waals surface area contributed by atoms with Crippen LogP contribution in [0.15, 0.2) is 66.7 Å². The molecule has 172 valence electrons. The summed E-state index contributed by atoms with van der Waals surface area (Å²) in [5.74, 6) is -0.881. The number of rotatable bonds is 5. The van der Waals surface area contributed by atoms with E-state index in [0.29, 0.717) is 11.3 Å². The number of hydrogen-bond donors (Lipinski definition) is 2. The highest BCUT2D eigenvalue weighted by molar-refractivity contribution is 6.12. The number of nitrogens with one attached hydrogen (secondary N) is 2. The summed E-state index contributed by atoms with van der Waals surface area (Å²) in [4.78, 5) is 39.5. The number of para-hydroxylation sites is 1. The molecule has 7 heteroatoms. The molecule has 1 aromatic heterocycles. The SMILES string of the molecule is CCn1c2ccccc2c2cc(NC(=O)CN3C(=O)N[C@](C)(c4ccc(C)cc4)C3=O)ccc21. The Bertz CT molecular complexity index is 1450. The Kier molecular flexibility index (Phi) is 5.12. The molecule has 7 nitrogen and oxygen atoms in total. The Hall–Kier alpha value is -4.13. The number of imide groups is 1. The molecular formula is C27H26N4O3. The smallest absolute Gasteiger partial charge is 0.325 e. The molecule has 0 saturated carbocycles. The van der Waals surface area contributed by atoms with E-state index in [-0.39, 0.29) is 6.54 Å². The minimum absolute atomic E-state index is 0.360. The standard InChI is InChI=1S/C27H26N4O3/c1-4-30-22-8-6-5-7-20(22)21-15-19(13-14-23(21)30)28-24(32)16-31-25(33)27(3,29-26(31)34)18-11-9-17(2)10-12-18/h5-15H,4,16H2,1-3H3,(H,28,32)(H,29,34)/t27-/m1/s1. The number of carbonyl (C=O) groups is 3. The fourth-order valence-electron chi connectivity index (χ4n) is 4.74. The summed E-state index contributed by atoms with van der Waals surface area (Å²) in [5.41, 5.74) is 3.37. The van der Waals surface area contributed by atoms with Crippen LogP contribution < -0.4 is 10.6 Å². The monoisotopic (exact) mass is 454 g/mol. The molecule has 4 amide bonds. The summed E-state index contributed by atoms with van der Waals surface area (Å²) in [5, 5.41) is 7.74. The Morgan fingerprint density at radius 3 is 2.41 bits per heavy atom. The first kappa shape index (κ1) is 21.7. The fraction of sp³-hybridized carbons (Fsp3) is 0.222. The Morgan fingerprint density at radius 1 is 0.971 bits per heavy atom. The lowest BCUT2D eigenvalue weighted by Gasteiger charge is -2.22. The maximum Gasteiger partial charge on any atom is 0.325 e. The molecule has 3 aromatic carbocycles. The molecule has 1 saturated heterocycles. The van der Waals surface area contributed by atoms with Crippen LogP contribution in [0.5, 0.6) is 0 Å². The number of nitrogens with zero attached hydrogens (tertiary/aromatic N) is 2. The van der Waals surface area contributed by atoms with Crippen LogP contribution in [0.1, 0.15) is 25.0 Å². The highest BCUT2D eigenvalue weighted by Crippen LogP contribution is 2.32. The van der Waals surface area contributed by atoms with Gasteiger partial charge in [0, 0.05) is 34.0 Å². The second kappa shape index (κ2) is 8.02. The maximum atomic E-state index is 13.1. The van der Waals surface area contributed by atoms with E-state index in [0.717, 1.165) is 38.8 Å². The number of amides is 4. The van der Waals surface area contributed by atoms with Gasteiger partial charge in [0.25, 0.3) is 5.91 Å². The minimum atomic E-state index is -1.20. The molecule has 5 rings (SSSR count). The molecule has 2 N–H and O–H groups in total. The maximum absolute atomic E-state index is 13.1. The van der Waals surface area contributed by atoms with Crippen molar-refractivity contribution >= 4 is 45.3 Å². The van der Waals surface area contributed by atoms with Crippen molar-refractivity contribution in [1.29, 1.82) is 0 Å². The van der Waals surface area contributed by atoms with Crippen LogP contribution in [-0.4, -0.2) is 33.9 Å². The van der Waals surface area contributed by atoms with Gasteiger partial charge in [-0.25, -0.2) is 4.79 Å². The second-order valence-corrected chi connectivity index (χ2v) is 8.85. The number of carbonyl (C=O) groups excluding carboxylic acids is 3. The van der Waals surface area contributed by atoms with Gasteiger partial charge in [-0.05, 0) is 50.6 Å². The zero-order chi connectivity index (χ0) is 24.0. The molecule has 34 heavy (non-hydrogen) atoms. The van der Waals surface area contributed by atoms with Crippen molar-refractivity contribution in [3.8, 4) is 0 Å². The molecule has 0 unspecified atom stereocenters. The van der Waals surface area contributed by atoms with Crippen molar-refractivity contribution in [3.63, 3.8) is 0 Å². The molecule has 2 heterocycles. The summed E-state index contributed by atoms with van der Waals surface area (Å²) < 4.78 is 2.23. The van der Waals surface area contributed by atoms with E-state index < -0.39 is 23.4 Å². The van der Waals surface area contributed by atoms with Crippen molar-refractivity contribution in [3.05, 3.63) is 77.9 Å². The van der Waals surface area contributed by atoms with Gasteiger partial charge in [0.15, 0.2) is 0 Å². The number of aromatic nitrogens is 1. The van der Waals surface area contributed by atoms with Gasteiger partial charge in [0.1, 0.15) is 12.1 Å². The van der Waals surface area contributed by atoms with E-state index >= 15 is 0 Å². The predicted octanol–water partition coefficient (Wildman–Crippen LogP) is 4.53. The molecule has 0 spiro atoms. The van der Waals surface area contributed by atoms with Gasteiger partial charge in [-0.1, -0.05) is 48.0 Å². The number of aryl methyl sites for hydroxylation is 2. The van der Waals surface area contributed by atoms with Crippen molar-refractivity contribution < 1.29 is 14.4 Å². The number of fused-ring (bicyclic) bond motifs is 3. The topological polar surface area (TPSA) is 83.4 Å². The van der Waals surface area contributed by atoms with Crippen molar-refractivity contribution in [2.24, 2.45) is 0 Å². The molecule has 0 aliphatic carbocycles. The lowest BCUT2D eigenvalue weighted by atomic mass is 9.91. The number of urea groups is 1. The third kappa shape index (κ3) is 3.41. The molecule has 0 bridgehead atoms. The quantitative estimate of drug-likeness (QED) is 0.435. The summed E-state index contributed by atoms with van der Waals surface area (Å²) in [6, 6.07) is 20.8. The van der Waals surface area contributed by atoms with E-state index in [1.165, 1.54) is 0 Å². The minimum Gasteiger partial charge on any atom is -0.341 e. The third-order valence-electron chi connectivity index (χ3n) is 6.58.